The van der Waals surface area contributed by atoms with Crippen molar-refractivity contribution in [1.82, 2.24) is 19.9 Å². The van der Waals surface area contributed by atoms with Gasteiger partial charge in [0.2, 0.25) is 5.95 Å². The summed E-state index contributed by atoms with van der Waals surface area (Å²) in [5.41, 5.74) is 0.665. The summed E-state index contributed by atoms with van der Waals surface area (Å²) in [5.74, 6) is 1.70. The fourth-order valence-corrected chi connectivity index (χ4v) is 2.70. The first-order valence-corrected chi connectivity index (χ1v) is 5.80. The van der Waals surface area contributed by atoms with Gasteiger partial charge in [-0.25, -0.2) is 8.91 Å². The van der Waals surface area contributed by atoms with Crippen LogP contribution in [0.5, 0.6) is 0 Å². The van der Waals surface area contributed by atoms with Crippen LogP contribution in [0, 0.1) is 17.7 Å². The van der Waals surface area contributed by atoms with Crippen LogP contribution < -0.4 is 10.6 Å². The van der Waals surface area contributed by atoms with Gasteiger partial charge in [-0.15, -0.1) is 5.10 Å². The summed E-state index contributed by atoms with van der Waals surface area (Å²) in [7, 11) is 0. The molecule has 5 nitrogen and oxygen atoms in total. The first-order chi connectivity index (χ1) is 8.31. The van der Waals surface area contributed by atoms with E-state index < -0.39 is 0 Å². The van der Waals surface area contributed by atoms with E-state index in [1.54, 1.807) is 6.07 Å². The number of piperidine rings is 1. The number of anilines is 1. The highest BCUT2D eigenvalue weighted by atomic mass is 19.1. The van der Waals surface area contributed by atoms with Gasteiger partial charge in [0, 0.05) is 19.1 Å². The third-order valence-corrected chi connectivity index (χ3v) is 3.68. The van der Waals surface area contributed by atoms with E-state index in [1.807, 2.05) is 0 Å². The molecule has 2 aliphatic rings. The summed E-state index contributed by atoms with van der Waals surface area (Å²) >= 11 is 0. The minimum atomic E-state index is -0.304. The molecular weight excluding hydrogens is 221 g/mol. The van der Waals surface area contributed by atoms with E-state index in [9.17, 15) is 4.39 Å². The van der Waals surface area contributed by atoms with Crippen molar-refractivity contribution in [3.8, 4) is 0 Å². The van der Waals surface area contributed by atoms with Crippen LogP contribution in [-0.4, -0.2) is 33.7 Å². The average Bonchev–Trinajstić information content (AvgIpc) is 2.71. The predicted octanol–water partition coefficient (Wildman–Crippen LogP) is 0.498. The molecular formula is C11H12FN5. The Labute approximate surface area is 97.0 Å². The second kappa shape index (κ2) is 3.16. The number of nitrogens with one attached hydrogen (secondary N) is 2. The third-order valence-electron chi connectivity index (χ3n) is 3.68. The summed E-state index contributed by atoms with van der Waals surface area (Å²) < 4.78 is 14.5. The lowest BCUT2D eigenvalue weighted by molar-refractivity contribution is 0.614. The van der Waals surface area contributed by atoms with E-state index in [2.05, 4.69) is 20.7 Å². The van der Waals surface area contributed by atoms with Crippen molar-refractivity contribution < 1.29 is 4.39 Å². The van der Waals surface area contributed by atoms with Crippen molar-refractivity contribution in [3.63, 3.8) is 0 Å². The molecule has 2 aromatic rings. The molecule has 0 amide bonds. The third kappa shape index (κ3) is 1.40. The lowest BCUT2D eigenvalue weighted by Gasteiger charge is -2.03. The molecule has 3 heterocycles. The number of hydrogen-bond acceptors (Lipinski definition) is 4. The average molecular weight is 233 g/mol. The maximum atomic E-state index is 13.0. The molecule has 0 bridgehead atoms. The Morgan fingerprint density at radius 2 is 2.18 bits per heavy atom. The van der Waals surface area contributed by atoms with Crippen LogP contribution in [-0.2, 0) is 0 Å². The first kappa shape index (κ1) is 9.35. The molecule has 1 saturated heterocycles. The molecule has 2 N–H and O–H groups in total. The lowest BCUT2D eigenvalue weighted by atomic mass is 10.4. The number of halogens is 1. The fraction of sp³-hybridized carbons (Fsp3) is 0.455. The van der Waals surface area contributed by atoms with Crippen molar-refractivity contribution in [2.24, 2.45) is 11.8 Å². The number of fused-ring (bicyclic) bond motifs is 2. The zero-order valence-corrected chi connectivity index (χ0v) is 9.10. The van der Waals surface area contributed by atoms with Gasteiger partial charge in [0.05, 0.1) is 6.20 Å². The molecule has 2 aromatic heterocycles. The number of hydrogen-bond donors (Lipinski definition) is 2. The molecule has 6 heteroatoms. The van der Waals surface area contributed by atoms with Crippen LogP contribution in [0.2, 0.25) is 0 Å². The quantitative estimate of drug-likeness (QED) is 0.793. The van der Waals surface area contributed by atoms with Crippen LogP contribution in [0.25, 0.3) is 5.65 Å². The second-order valence-electron chi connectivity index (χ2n) is 4.74. The molecule has 0 spiro atoms. The van der Waals surface area contributed by atoms with Gasteiger partial charge in [-0.3, -0.25) is 0 Å². The van der Waals surface area contributed by atoms with Gasteiger partial charge < -0.3 is 10.6 Å². The van der Waals surface area contributed by atoms with E-state index in [1.165, 1.54) is 16.8 Å². The summed E-state index contributed by atoms with van der Waals surface area (Å²) in [4.78, 5) is 4.31. The molecule has 17 heavy (non-hydrogen) atoms. The molecule has 0 aromatic carbocycles. The minimum Gasteiger partial charge on any atom is -0.349 e. The van der Waals surface area contributed by atoms with Gasteiger partial charge in [0.15, 0.2) is 5.65 Å². The highest BCUT2D eigenvalue weighted by molar-refractivity contribution is 5.44. The van der Waals surface area contributed by atoms with E-state index in [4.69, 9.17) is 0 Å². The topological polar surface area (TPSA) is 54.2 Å². The van der Waals surface area contributed by atoms with Crippen molar-refractivity contribution in [2.45, 2.75) is 6.04 Å². The first-order valence-electron chi connectivity index (χ1n) is 5.80. The smallest absolute Gasteiger partial charge is 0.243 e. The van der Waals surface area contributed by atoms with Gasteiger partial charge in [0.25, 0.3) is 0 Å². The molecule has 2 unspecified atom stereocenters. The van der Waals surface area contributed by atoms with Gasteiger partial charge in [-0.2, -0.15) is 4.98 Å². The van der Waals surface area contributed by atoms with Crippen molar-refractivity contribution in [3.05, 3.63) is 24.1 Å². The highest BCUT2D eigenvalue weighted by Gasteiger charge is 2.53. The van der Waals surface area contributed by atoms with Crippen LogP contribution >= 0.6 is 0 Å². The zero-order valence-electron chi connectivity index (χ0n) is 9.10. The Bertz CT molecular complexity index is 570. The predicted molar refractivity (Wildman–Crippen MR) is 60.2 cm³/mol. The fourth-order valence-electron chi connectivity index (χ4n) is 2.70. The summed E-state index contributed by atoms with van der Waals surface area (Å²) in [6.07, 6.45) is 1.34. The Balaban J connectivity index is 1.59. The number of pyridine rings is 1. The molecule has 1 saturated carbocycles. The van der Waals surface area contributed by atoms with Gasteiger partial charge in [-0.05, 0) is 24.0 Å². The number of nitrogens with zero attached hydrogens (tertiary/aromatic N) is 3. The summed E-state index contributed by atoms with van der Waals surface area (Å²) in [6.45, 7) is 2.15. The van der Waals surface area contributed by atoms with E-state index in [-0.39, 0.29) is 5.82 Å². The van der Waals surface area contributed by atoms with Crippen molar-refractivity contribution in [1.29, 1.82) is 0 Å². The number of aromatic nitrogens is 3. The van der Waals surface area contributed by atoms with Crippen LogP contribution in [0.3, 0.4) is 0 Å². The van der Waals surface area contributed by atoms with Gasteiger partial charge in [0.1, 0.15) is 5.82 Å². The molecule has 1 aliphatic heterocycles. The Hall–Kier alpha value is -1.69. The summed E-state index contributed by atoms with van der Waals surface area (Å²) in [5, 5.41) is 10.9. The van der Waals surface area contributed by atoms with E-state index in [0.29, 0.717) is 29.5 Å². The van der Waals surface area contributed by atoms with Crippen LogP contribution in [0.15, 0.2) is 18.3 Å². The van der Waals surface area contributed by atoms with Crippen molar-refractivity contribution in [2.75, 3.05) is 18.4 Å². The van der Waals surface area contributed by atoms with Crippen LogP contribution in [0.4, 0.5) is 10.3 Å². The van der Waals surface area contributed by atoms with E-state index in [0.717, 1.165) is 13.1 Å². The van der Waals surface area contributed by atoms with Crippen LogP contribution in [0.1, 0.15) is 0 Å². The largest absolute Gasteiger partial charge is 0.349 e. The van der Waals surface area contributed by atoms with Gasteiger partial charge in [-0.1, -0.05) is 0 Å². The summed E-state index contributed by atoms with van der Waals surface area (Å²) in [6, 6.07) is 3.50. The maximum Gasteiger partial charge on any atom is 0.243 e. The lowest BCUT2D eigenvalue weighted by Crippen LogP contribution is -2.21. The zero-order chi connectivity index (χ0) is 11.4. The monoisotopic (exact) mass is 233 g/mol. The molecule has 4 rings (SSSR count). The van der Waals surface area contributed by atoms with E-state index >= 15 is 0 Å². The maximum absolute atomic E-state index is 13.0. The Morgan fingerprint density at radius 1 is 1.35 bits per heavy atom. The minimum absolute atomic E-state index is 0.304. The number of rotatable bonds is 2. The molecule has 1 aliphatic carbocycles. The molecule has 88 valence electrons. The standard InChI is InChI=1S/C11H12FN5/c12-6-1-2-9-14-11(16-17(9)5-6)15-10-7-3-13-4-8(7)10/h1-2,5,7-8,10,13H,3-4H2,(H,15,16). The molecule has 0 radical (unpaired) electrons. The molecule has 2 atom stereocenters. The van der Waals surface area contributed by atoms with Gasteiger partial charge >= 0.3 is 0 Å². The highest BCUT2D eigenvalue weighted by Crippen LogP contribution is 2.43. The van der Waals surface area contributed by atoms with Crippen molar-refractivity contribution >= 4 is 11.6 Å². The molecule has 2 fully saturated rings. The Morgan fingerprint density at radius 3 is 3.00 bits per heavy atom. The Kier molecular flexibility index (Phi) is 1.74. The second-order valence-corrected chi connectivity index (χ2v) is 4.74. The SMILES string of the molecule is Fc1ccc2nc(NC3C4CNCC43)nn2c1. The normalized spacial score (nSPS) is 30.5.